The van der Waals surface area contributed by atoms with E-state index in [-0.39, 0.29) is 6.54 Å². The van der Waals surface area contributed by atoms with Crippen molar-refractivity contribution >= 4 is 39.1 Å². The average molecular weight is 317 g/mol. The van der Waals surface area contributed by atoms with Gasteiger partial charge in [-0.15, -0.1) is 11.3 Å². The highest BCUT2D eigenvalue weighted by molar-refractivity contribution is 7.92. The highest BCUT2D eigenvalue weighted by atomic mass is 32.2. The van der Waals surface area contributed by atoms with Crippen molar-refractivity contribution in [2.45, 2.75) is 18.7 Å². The zero-order valence-electron chi connectivity index (χ0n) is 11.0. The van der Waals surface area contributed by atoms with E-state index in [9.17, 15) is 18.0 Å². The number of amides is 1. The van der Waals surface area contributed by atoms with Gasteiger partial charge in [0, 0.05) is 17.2 Å². The molecule has 0 saturated heterocycles. The number of hydrogen-bond acceptors (Lipinski definition) is 5. The number of carbonyl (C=O) groups excluding carboxylic acids is 1. The summed E-state index contributed by atoms with van der Waals surface area (Å²) in [6.45, 7) is 1.49. The average Bonchev–Trinajstić information content (AvgIpc) is 2.78. The van der Waals surface area contributed by atoms with Gasteiger partial charge in [-0.05, 0) is 30.0 Å². The lowest BCUT2D eigenvalue weighted by Crippen LogP contribution is -2.36. The van der Waals surface area contributed by atoms with Crippen LogP contribution < -0.4 is 5.32 Å². The molecule has 6 nitrogen and oxygen atoms in total. The van der Waals surface area contributed by atoms with Crippen molar-refractivity contribution in [2.75, 3.05) is 6.26 Å². The van der Waals surface area contributed by atoms with Crippen molar-refractivity contribution in [3.8, 4) is 0 Å². The summed E-state index contributed by atoms with van der Waals surface area (Å²) >= 11 is 1.35. The van der Waals surface area contributed by atoms with Crippen LogP contribution in [0.5, 0.6) is 0 Å². The van der Waals surface area contributed by atoms with Crippen LogP contribution in [-0.4, -0.2) is 36.9 Å². The van der Waals surface area contributed by atoms with Gasteiger partial charge in [0.25, 0.3) is 0 Å². The van der Waals surface area contributed by atoms with Gasteiger partial charge >= 0.3 is 5.97 Å². The minimum Gasteiger partial charge on any atom is -0.478 e. The molecule has 1 aromatic rings. The highest BCUT2D eigenvalue weighted by Gasteiger charge is 2.23. The number of aliphatic carboxylic acids is 1. The maximum absolute atomic E-state index is 11.7. The fraction of sp³-hybridized carbons (Fsp3) is 0.333. The van der Waals surface area contributed by atoms with Gasteiger partial charge in [-0.2, -0.15) is 0 Å². The van der Waals surface area contributed by atoms with E-state index in [2.05, 4.69) is 5.32 Å². The van der Waals surface area contributed by atoms with Crippen LogP contribution in [0, 0.1) is 0 Å². The molecular formula is C12H15NO5S2. The third-order valence-corrected chi connectivity index (χ3v) is 5.06. The molecule has 1 unspecified atom stereocenters. The Bertz CT molecular complexity index is 630. The number of rotatable bonds is 6. The summed E-state index contributed by atoms with van der Waals surface area (Å²) in [7, 11) is -3.42. The third kappa shape index (κ3) is 4.78. The van der Waals surface area contributed by atoms with Crippen LogP contribution >= 0.6 is 11.3 Å². The van der Waals surface area contributed by atoms with Gasteiger partial charge in [0.15, 0.2) is 9.84 Å². The van der Waals surface area contributed by atoms with E-state index >= 15 is 0 Å². The molecule has 0 aliphatic carbocycles. The smallest absolute Gasteiger partial charge is 0.328 e. The number of carbonyl (C=O) groups is 2. The standard InChI is InChI=1S/C12H15NO5S2/c1-8(20(2,17)18)12(16)13-7-10-9(5-6-19-10)3-4-11(14)15/h3-6,8H,7H2,1-2H3,(H,13,16)(H,14,15)/b4-3+. The molecule has 8 heteroatoms. The van der Waals surface area contributed by atoms with E-state index in [1.54, 1.807) is 11.4 Å². The van der Waals surface area contributed by atoms with Crippen LogP contribution in [0.25, 0.3) is 6.08 Å². The van der Waals surface area contributed by atoms with Gasteiger partial charge in [0.05, 0.1) is 6.54 Å². The zero-order valence-corrected chi connectivity index (χ0v) is 12.6. The van der Waals surface area contributed by atoms with Crippen molar-refractivity contribution in [2.24, 2.45) is 0 Å². The second-order valence-corrected chi connectivity index (χ2v) is 7.53. The van der Waals surface area contributed by atoms with Gasteiger partial charge in [-0.25, -0.2) is 13.2 Å². The van der Waals surface area contributed by atoms with E-state index in [1.165, 1.54) is 24.3 Å². The minimum absolute atomic E-state index is 0.162. The maximum Gasteiger partial charge on any atom is 0.328 e. The highest BCUT2D eigenvalue weighted by Crippen LogP contribution is 2.18. The molecule has 0 aliphatic rings. The molecule has 0 fully saturated rings. The summed E-state index contributed by atoms with van der Waals surface area (Å²) in [4.78, 5) is 22.9. The summed E-state index contributed by atoms with van der Waals surface area (Å²) in [6, 6.07) is 1.73. The molecule has 0 radical (unpaired) electrons. The molecule has 20 heavy (non-hydrogen) atoms. The molecule has 0 spiro atoms. The Hall–Kier alpha value is -1.67. The molecule has 1 amide bonds. The first-order valence-electron chi connectivity index (χ1n) is 5.65. The number of carboxylic acids is 1. The van der Waals surface area contributed by atoms with Crippen LogP contribution in [0.4, 0.5) is 0 Å². The van der Waals surface area contributed by atoms with E-state index < -0.39 is 27.0 Å². The molecule has 110 valence electrons. The Morgan fingerprint density at radius 3 is 2.70 bits per heavy atom. The van der Waals surface area contributed by atoms with Crippen LogP contribution in [-0.2, 0) is 26.0 Å². The number of carboxylic acid groups (broad SMARTS) is 1. The molecule has 1 atom stereocenters. The lowest BCUT2D eigenvalue weighted by molar-refractivity contribution is -0.131. The first kappa shape index (κ1) is 16.4. The molecular weight excluding hydrogens is 302 g/mol. The van der Waals surface area contributed by atoms with Gasteiger partial charge < -0.3 is 10.4 Å². The SMILES string of the molecule is CC(C(=O)NCc1sccc1/C=C/C(=O)O)S(C)(=O)=O. The first-order chi connectivity index (χ1) is 9.21. The molecule has 2 N–H and O–H groups in total. The molecule has 0 bridgehead atoms. The minimum atomic E-state index is -3.42. The second-order valence-electron chi connectivity index (χ2n) is 4.16. The lowest BCUT2D eigenvalue weighted by atomic mass is 10.2. The second kappa shape index (κ2) is 6.67. The lowest BCUT2D eigenvalue weighted by Gasteiger charge is -2.10. The third-order valence-electron chi connectivity index (χ3n) is 2.62. The number of sulfone groups is 1. The van der Waals surface area contributed by atoms with E-state index in [0.29, 0.717) is 5.56 Å². The molecule has 0 saturated carbocycles. The van der Waals surface area contributed by atoms with E-state index in [1.807, 2.05) is 0 Å². The fourth-order valence-electron chi connectivity index (χ4n) is 1.31. The summed E-state index contributed by atoms with van der Waals surface area (Å²) in [6.07, 6.45) is 3.44. The summed E-state index contributed by atoms with van der Waals surface area (Å²) in [5, 5.41) is 11.8. The number of hydrogen-bond donors (Lipinski definition) is 2. The van der Waals surface area contributed by atoms with E-state index in [4.69, 9.17) is 5.11 Å². The maximum atomic E-state index is 11.7. The Morgan fingerprint density at radius 2 is 2.15 bits per heavy atom. The summed E-state index contributed by atoms with van der Waals surface area (Å²) in [5.41, 5.74) is 0.685. The molecule has 1 heterocycles. The first-order valence-corrected chi connectivity index (χ1v) is 8.49. The van der Waals surface area contributed by atoms with Crippen molar-refractivity contribution < 1.29 is 23.1 Å². The van der Waals surface area contributed by atoms with E-state index in [0.717, 1.165) is 17.2 Å². The Balaban J connectivity index is 2.70. The summed E-state index contributed by atoms with van der Waals surface area (Å²) < 4.78 is 22.5. The predicted molar refractivity (Wildman–Crippen MR) is 77.1 cm³/mol. The molecule has 0 aliphatic heterocycles. The molecule has 1 aromatic heterocycles. The van der Waals surface area contributed by atoms with Crippen LogP contribution in [0.1, 0.15) is 17.4 Å². The van der Waals surface area contributed by atoms with Crippen molar-refractivity contribution in [1.29, 1.82) is 0 Å². The topological polar surface area (TPSA) is 101 Å². The zero-order chi connectivity index (χ0) is 15.3. The predicted octanol–water partition coefficient (Wildman–Crippen LogP) is 0.895. The van der Waals surface area contributed by atoms with Gasteiger partial charge in [-0.3, -0.25) is 4.79 Å². The van der Waals surface area contributed by atoms with Gasteiger partial charge in [0.2, 0.25) is 5.91 Å². The van der Waals surface area contributed by atoms with Crippen molar-refractivity contribution in [3.05, 3.63) is 28.0 Å². The Morgan fingerprint density at radius 1 is 1.50 bits per heavy atom. The van der Waals surface area contributed by atoms with Crippen LogP contribution in [0.2, 0.25) is 0 Å². The quantitative estimate of drug-likeness (QED) is 0.759. The normalized spacial score (nSPS) is 13.3. The molecule has 0 aromatic carbocycles. The number of nitrogens with one attached hydrogen (secondary N) is 1. The van der Waals surface area contributed by atoms with Gasteiger partial charge in [0.1, 0.15) is 5.25 Å². The fourth-order valence-corrected chi connectivity index (χ4v) is 2.59. The van der Waals surface area contributed by atoms with Crippen LogP contribution in [0.15, 0.2) is 17.5 Å². The Kier molecular flexibility index (Phi) is 5.46. The number of thiophene rings is 1. The van der Waals surface area contributed by atoms with Crippen molar-refractivity contribution in [1.82, 2.24) is 5.32 Å². The largest absolute Gasteiger partial charge is 0.478 e. The van der Waals surface area contributed by atoms with Crippen molar-refractivity contribution in [3.63, 3.8) is 0 Å². The monoisotopic (exact) mass is 317 g/mol. The summed E-state index contributed by atoms with van der Waals surface area (Å²) in [5.74, 6) is -1.63. The Labute approximate surface area is 121 Å². The van der Waals surface area contributed by atoms with Gasteiger partial charge in [-0.1, -0.05) is 0 Å². The molecule has 1 rings (SSSR count). The van der Waals surface area contributed by atoms with Crippen LogP contribution in [0.3, 0.4) is 0 Å².